The van der Waals surface area contributed by atoms with Gasteiger partial charge in [-0.2, -0.15) is 0 Å². The second kappa shape index (κ2) is 7.85. The molecule has 1 rings (SSSR count). The van der Waals surface area contributed by atoms with Crippen molar-refractivity contribution >= 4 is 15.9 Å². The van der Waals surface area contributed by atoms with E-state index in [-0.39, 0.29) is 0 Å². The van der Waals surface area contributed by atoms with Crippen molar-refractivity contribution in [3.05, 3.63) is 34.3 Å². The Kier molecular flexibility index (Phi) is 6.78. The minimum Gasteiger partial charge on any atom is -0.379 e. The second-order valence-electron chi connectivity index (χ2n) is 4.64. The van der Waals surface area contributed by atoms with Gasteiger partial charge in [-0.05, 0) is 56.8 Å². The molecule has 1 atom stereocenters. The van der Waals surface area contributed by atoms with Crippen LogP contribution in [0.25, 0.3) is 0 Å². The molecule has 0 radical (unpaired) electrons. The Morgan fingerprint density at radius 1 is 1.35 bits per heavy atom. The fraction of sp³-hybridized carbons (Fsp3) is 0.571. The van der Waals surface area contributed by atoms with Crippen LogP contribution in [-0.2, 0) is 11.2 Å². The largest absolute Gasteiger partial charge is 0.379 e. The average Bonchev–Trinajstić information content (AvgIpc) is 2.27. The first-order valence-electron chi connectivity index (χ1n) is 6.18. The van der Waals surface area contributed by atoms with E-state index in [9.17, 15) is 0 Å². The minimum atomic E-state index is 0.305. The van der Waals surface area contributed by atoms with Crippen LogP contribution in [-0.4, -0.2) is 19.3 Å². The number of rotatable bonds is 7. The summed E-state index contributed by atoms with van der Waals surface area (Å²) in [5.74, 6) is 0.503. The highest BCUT2D eigenvalue weighted by Gasteiger charge is 2.08. The van der Waals surface area contributed by atoms with Crippen LogP contribution < -0.4 is 5.73 Å². The third kappa shape index (κ3) is 6.20. The van der Waals surface area contributed by atoms with Crippen LogP contribution >= 0.6 is 15.9 Å². The highest BCUT2D eigenvalue weighted by molar-refractivity contribution is 9.10. The Labute approximate surface area is 113 Å². The zero-order valence-corrected chi connectivity index (χ0v) is 12.2. The molecule has 0 saturated heterocycles. The first kappa shape index (κ1) is 14.7. The molecule has 2 N–H and O–H groups in total. The molecular weight excluding hydrogens is 278 g/mol. The van der Waals surface area contributed by atoms with E-state index in [0.29, 0.717) is 18.6 Å². The summed E-state index contributed by atoms with van der Waals surface area (Å²) in [4.78, 5) is 0. The van der Waals surface area contributed by atoms with Crippen LogP contribution in [0.4, 0.5) is 0 Å². The quantitative estimate of drug-likeness (QED) is 0.838. The number of halogens is 1. The van der Waals surface area contributed by atoms with Gasteiger partial charge in [0.15, 0.2) is 0 Å². The molecule has 0 bridgehead atoms. The van der Waals surface area contributed by atoms with Gasteiger partial charge in [-0.15, -0.1) is 0 Å². The molecule has 0 aromatic heterocycles. The van der Waals surface area contributed by atoms with Crippen LogP contribution in [0.1, 0.15) is 25.8 Å². The lowest BCUT2D eigenvalue weighted by atomic mass is 9.97. The van der Waals surface area contributed by atoms with Crippen LogP contribution in [0.3, 0.4) is 0 Å². The number of hydrogen-bond acceptors (Lipinski definition) is 2. The summed E-state index contributed by atoms with van der Waals surface area (Å²) in [6.45, 7) is 5.64. The van der Waals surface area contributed by atoms with Crippen molar-refractivity contribution in [3.63, 3.8) is 0 Å². The molecule has 0 amide bonds. The first-order chi connectivity index (χ1) is 8.11. The number of hydrogen-bond donors (Lipinski definition) is 1. The molecule has 0 spiro atoms. The van der Waals surface area contributed by atoms with Crippen LogP contribution in [0.2, 0.25) is 0 Å². The lowest BCUT2D eigenvalue weighted by Crippen LogP contribution is -2.19. The van der Waals surface area contributed by atoms with E-state index < -0.39 is 0 Å². The van der Waals surface area contributed by atoms with Crippen LogP contribution in [0.15, 0.2) is 28.7 Å². The van der Waals surface area contributed by atoms with Gasteiger partial charge >= 0.3 is 0 Å². The fourth-order valence-electron chi connectivity index (χ4n) is 1.77. The van der Waals surface area contributed by atoms with E-state index in [1.54, 1.807) is 0 Å². The summed E-state index contributed by atoms with van der Waals surface area (Å²) in [5.41, 5.74) is 7.14. The Morgan fingerprint density at radius 3 is 2.71 bits per heavy atom. The Hall–Kier alpha value is -0.380. The first-order valence-corrected chi connectivity index (χ1v) is 6.97. The molecule has 2 nitrogen and oxygen atoms in total. The molecule has 0 aliphatic rings. The third-order valence-corrected chi connectivity index (χ3v) is 3.22. The summed E-state index contributed by atoms with van der Waals surface area (Å²) in [5, 5.41) is 0. The normalized spacial score (nSPS) is 13.0. The lowest BCUT2D eigenvalue weighted by molar-refractivity contribution is 0.0690. The van der Waals surface area contributed by atoms with E-state index in [2.05, 4.69) is 48.0 Å². The molecule has 0 aliphatic heterocycles. The molecule has 1 aromatic carbocycles. The molecule has 3 heteroatoms. The Morgan fingerprint density at radius 2 is 2.12 bits per heavy atom. The smallest absolute Gasteiger partial charge is 0.0518 e. The molecule has 1 unspecified atom stereocenters. The Bertz CT molecular complexity index is 328. The van der Waals surface area contributed by atoms with E-state index in [1.807, 2.05) is 6.07 Å². The van der Waals surface area contributed by atoms with Crippen LogP contribution in [0.5, 0.6) is 0 Å². The molecule has 0 aliphatic carbocycles. The summed E-state index contributed by atoms with van der Waals surface area (Å²) in [6.07, 6.45) is 2.36. The molecule has 0 heterocycles. The second-order valence-corrected chi connectivity index (χ2v) is 5.56. The van der Waals surface area contributed by atoms with Crippen LogP contribution in [0, 0.1) is 5.92 Å². The summed E-state index contributed by atoms with van der Waals surface area (Å²) >= 11 is 3.49. The molecule has 17 heavy (non-hydrogen) atoms. The van der Waals surface area contributed by atoms with E-state index in [0.717, 1.165) is 23.9 Å². The van der Waals surface area contributed by atoms with Gasteiger partial charge in [0.2, 0.25) is 0 Å². The van der Waals surface area contributed by atoms with Gasteiger partial charge in [0, 0.05) is 11.1 Å². The fourth-order valence-corrected chi connectivity index (χ4v) is 2.22. The third-order valence-electron chi connectivity index (χ3n) is 2.72. The van der Waals surface area contributed by atoms with Crippen molar-refractivity contribution in [2.45, 2.75) is 32.8 Å². The summed E-state index contributed by atoms with van der Waals surface area (Å²) < 4.78 is 6.70. The van der Waals surface area contributed by atoms with Gasteiger partial charge in [-0.1, -0.05) is 28.1 Å². The van der Waals surface area contributed by atoms with Gasteiger partial charge in [0.25, 0.3) is 0 Å². The molecule has 0 fully saturated rings. The van der Waals surface area contributed by atoms with Crippen molar-refractivity contribution in [3.8, 4) is 0 Å². The Balaban J connectivity index is 2.41. The molecular formula is C14H22BrNO. The van der Waals surface area contributed by atoms with E-state index in [1.165, 1.54) is 5.56 Å². The van der Waals surface area contributed by atoms with E-state index in [4.69, 9.17) is 10.5 Å². The summed E-state index contributed by atoms with van der Waals surface area (Å²) in [6, 6.07) is 8.42. The number of benzene rings is 1. The standard InChI is InChI=1S/C14H22BrNO/c1-11(2)17-7-6-13(10-16)8-12-4-3-5-14(15)9-12/h3-5,9,11,13H,6-8,10,16H2,1-2H3. The highest BCUT2D eigenvalue weighted by atomic mass is 79.9. The zero-order valence-electron chi connectivity index (χ0n) is 10.7. The van der Waals surface area contributed by atoms with Gasteiger partial charge < -0.3 is 10.5 Å². The maximum atomic E-state index is 5.81. The van der Waals surface area contributed by atoms with Crippen molar-refractivity contribution in [1.82, 2.24) is 0 Å². The van der Waals surface area contributed by atoms with Crippen molar-refractivity contribution in [2.75, 3.05) is 13.2 Å². The average molecular weight is 300 g/mol. The monoisotopic (exact) mass is 299 g/mol. The predicted octanol–water partition coefficient (Wildman–Crippen LogP) is 3.38. The van der Waals surface area contributed by atoms with Gasteiger partial charge in [-0.3, -0.25) is 0 Å². The zero-order chi connectivity index (χ0) is 12.7. The predicted molar refractivity (Wildman–Crippen MR) is 76.1 cm³/mol. The molecule has 1 aromatic rings. The number of nitrogens with two attached hydrogens (primary N) is 1. The van der Waals surface area contributed by atoms with Gasteiger partial charge in [-0.25, -0.2) is 0 Å². The molecule has 0 saturated carbocycles. The lowest BCUT2D eigenvalue weighted by Gasteiger charge is -2.16. The topological polar surface area (TPSA) is 35.2 Å². The highest BCUT2D eigenvalue weighted by Crippen LogP contribution is 2.16. The maximum Gasteiger partial charge on any atom is 0.0518 e. The minimum absolute atomic E-state index is 0.305. The van der Waals surface area contributed by atoms with E-state index >= 15 is 0 Å². The SMILES string of the molecule is CC(C)OCCC(CN)Cc1cccc(Br)c1. The van der Waals surface area contributed by atoms with Crippen molar-refractivity contribution in [1.29, 1.82) is 0 Å². The van der Waals surface area contributed by atoms with Gasteiger partial charge in [0.05, 0.1) is 6.10 Å². The summed E-state index contributed by atoms with van der Waals surface area (Å²) in [7, 11) is 0. The van der Waals surface area contributed by atoms with Crippen molar-refractivity contribution in [2.24, 2.45) is 11.7 Å². The van der Waals surface area contributed by atoms with Crippen molar-refractivity contribution < 1.29 is 4.74 Å². The maximum absolute atomic E-state index is 5.81. The molecule has 96 valence electrons. The van der Waals surface area contributed by atoms with Gasteiger partial charge in [0.1, 0.15) is 0 Å². The number of ether oxygens (including phenoxy) is 1.